The number of benzene rings is 2. The number of ether oxygens (including phenoxy) is 1. The highest BCUT2D eigenvalue weighted by Crippen LogP contribution is 2.30. The first-order valence-corrected chi connectivity index (χ1v) is 6.92. The molecule has 1 atom stereocenters. The minimum Gasteiger partial charge on any atom is -0.491 e. The summed E-state index contributed by atoms with van der Waals surface area (Å²) in [5.41, 5.74) is 3.56. The largest absolute Gasteiger partial charge is 0.491 e. The average Bonchev–Trinajstić information content (AvgIpc) is 2.87. The van der Waals surface area contributed by atoms with Crippen molar-refractivity contribution in [3.63, 3.8) is 0 Å². The van der Waals surface area contributed by atoms with Gasteiger partial charge in [-0.1, -0.05) is 30.3 Å². The fraction of sp³-hybridized carbons (Fsp3) is 0.235. The van der Waals surface area contributed by atoms with E-state index >= 15 is 0 Å². The zero-order valence-corrected chi connectivity index (χ0v) is 11.8. The first kappa shape index (κ1) is 13.6. The highest BCUT2D eigenvalue weighted by Gasteiger charge is 2.21. The molecule has 0 saturated heterocycles. The van der Waals surface area contributed by atoms with E-state index in [0.29, 0.717) is 6.42 Å². The zero-order chi connectivity index (χ0) is 14.8. The van der Waals surface area contributed by atoms with Crippen LogP contribution in [0.1, 0.15) is 22.8 Å². The molecule has 0 fully saturated rings. The van der Waals surface area contributed by atoms with E-state index in [4.69, 9.17) is 4.74 Å². The Morgan fingerprint density at radius 1 is 1.29 bits per heavy atom. The van der Waals surface area contributed by atoms with Gasteiger partial charge in [-0.3, -0.25) is 4.79 Å². The fourth-order valence-corrected chi connectivity index (χ4v) is 2.55. The van der Waals surface area contributed by atoms with Crippen LogP contribution in [0.15, 0.2) is 42.5 Å². The van der Waals surface area contributed by atoms with Crippen molar-refractivity contribution in [1.82, 2.24) is 0 Å². The summed E-state index contributed by atoms with van der Waals surface area (Å²) in [5.74, 6) is 0.728. The summed E-state index contributed by atoms with van der Waals surface area (Å²) in [6.07, 6.45) is -0.346. The molecular formula is C17H17NO3. The van der Waals surface area contributed by atoms with Gasteiger partial charge in [0, 0.05) is 5.69 Å². The molecule has 1 unspecified atom stereocenters. The first-order valence-electron chi connectivity index (χ1n) is 6.92. The number of anilines is 1. The van der Waals surface area contributed by atoms with Gasteiger partial charge in [-0.15, -0.1) is 0 Å². The molecule has 21 heavy (non-hydrogen) atoms. The van der Waals surface area contributed by atoms with Crippen molar-refractivity contribution in [3.8, 4) is 5.75 Å². The van der Waals surface area contributed by atoms with Crippen LogP contribution in [0.3, 0.4) is 0 Å². The summed E-state index contributed by atoms with van der Waals surface area (Å²) in [5, 5.41) is 13.1. The molecule has 0 spiro atoms. The van der Waals surface area contributed by atoms with Crippen LogP contribution in [0.4, 0.5) is 5.69 Å². The number of carbonyl (C=O) groups is 1. The van der Waals surface area contributed by atoms with Crippen LogP contribution in [0.2, 0.25) is 0 Å². The summed E-state index contributed by atoms with van der Waals surface area (Å²) >= 11 is 0. The van der Waals surface area contributed by atoms with Crippen LogP contribution >= 0.6 is 0 Å². The molecule has 1 heterocycles. The number of amides is 1. The predicted octanol–water partition coefficient (Wildman–Crippen LogP) is 2.60. The Labute approximate surface area is 123 Å². The van der Waals surface area contributed by atoms with Crippen molar-refractivity contribution in [2.75, 3.05) is 11.9 Å². The van der Waals surface area contributed by atoms with E-state index in [0.717, 1.165) is 28.1 Å². The van der Waals surface area contributed by atoms with E-state index in [-0.39, 0.29) is 12.5 Å². The van der Waals surface area contributed by atoms with Crippen molar-refractivity contribution in [2.24, 2.45) is 0 Å². The Morgan fingerprint density at radius 2 is 2.05 bits per heavy atom. The second kappa shape index (κ2) is 5.58. The number of rotatable bonds is 4. The van der Waals surface area contributed by atoms with E-state index in [1.165, 1.54) is 0 Å². The lowest BCUT2D eigenvalue weighted by atomic mass is 10.0. The maximum atomic E-state index is 11.4. The molecule has 0 aromatic heterocycles. The summed E-state index contributed by atoms with van der Waals surface area (Å²) in [7, 11) is 0. The minimum atomic E-state index is -0.718. The second-order valence-electron chi connectivity index (χ2n) is 5.24. The molecule has 1 amide bonds. The molecule has 108 valence electrons. The maximum Gasteiger partial charge on any atom is 0.228 e. The Balaban J connectivity index is 1.73. The molecule has 1 aliphatic heterocycles. The normalized spacial score (nSPS) is 14.5. The predicted molar refractivity (Wildman–Crippen MR) is 80.4 cm³/mol. The zero-order valence-electron chi connectivity index (χ0n) is 11.8. The van der Waals surface area contributed by atoms with Crippen LogP contribution in [-0.4, -0.2) is 17.6 Å². The molecule has 0 aliphatic carbocycles. The lowest BCUT2D eigenvalue weighted by Crippen LogP contribution is -2.10. The molecule has 1 aliphatic rings. The number of aliphatic hydroxyl groups excluding tert-OH is 1. The molecular weight excluding hydrogens is 266 g/mol. The Bertz CT molecular complexity index is 667. The number of aryl methyl sites for hydroxylation is 1. The second-order valence-corrected chi connectivity index (χ2v) is 5.24. The average molecular weight is 283 g/mol. The lowest BCUT2D eigenvalue weighted by Gasteiger charge is -2.15. The van der Waals surface area contributed by atoms with Gasteiger partial charge in [0.1, 0.15) is 18.5 Å². The molecule has 0 saturated carbocycles. The number of hydrogen-bond donors (Lipinski definition) is 2. The monoisotopic (exact) mass is 283 g/mol. The van der Waals surface area contributed by atoms with Gasteiger partial charge in [0.25, 0.3) is 0 Å². The third-order valence-corrected chi connectivity index (χ3v) is 3.59. The van der Waals surface area contributed by atoms with Crippen LogP contribution in [0.25, 0.3) is 0 Å². The van der Waals surface area contributed by atoms with Crippen molar-refractivity contribution in [1.29, 1.82) is 0 Å². The van der Waals surface area contributed by atoms with Gasteiger partial charge < -0.3 is 15.2 Å². The van der Waals surface area contributed by atoms with E-state index in [2.05, 4.69) is 5.32 Å². The molecule has 2 N–H and O–H groups in total. The first-order chi connectivity index (χ1) is 10.1. The van der Waals surface area contributed by atoms with E-state index < -0.39 is 6.10 Å². The van der Waals surface area contributed by atoms with Crippen LogP contribution in [0.5, 0.6) is 5.75 Å². The minimum absolute atomic E-state index is 0.000255. The van der Waals surface area contributed by atoms with Crippen LogP contribution in [0, 0.1) is 6.92 Å². The third kappa shape index (κ3) is 2.90. The van der Waals surface area contributed by atoms with Crippen molar-refractivity contribution >= 4 is 11.6 Å². The van der Waals surface area contributed by atoms with Gasteiger partial charge >= 0.3 is 0 Å². The molecule has 0 radical (unpaired) electrons. The standard InChI is InChI=1S/C17H17NO3/c1-11-7-12(8-13-9-16(20)18-17(11)13)15(19)10-21-14-5-3-2-4-6-14/h2-8,15,19H,9-10H2,1H3,(H,18,20). The number of fused-ring (bicyclic) bond motifs is 1. The number of aliphatic hydroxyl groups is 1. The Hall–Kier alpha value is -2.33. The SMILES string of the molecule is Cc1cc(C(O)COc2ccccc2)cc2c1NC(=O)C2. The molecule has 4 heteroatoms. The van der Waals surface area contributed by atoms with Gasteiger partial charge in [0.15, 0.2) is 0 Å². The smallest absolute Gasteiger partial charge is 0.228 e. The van der Waals surface area contributed by atoms with Crippen molar-refractivity contribution < 1.29 is 14.6 Å². The molecule has 2 aromatic carbocycles. The van der Waals surface area contributed by atoms with E-state index in [9.17, 15) is 9.90 Å². The van der Waals surface area contributed by atoms with Crippen molar-refractivity contribution in [3.05, 3.63) is 59.2 Å². The van der Waals surface area contributed by atoms with Gasteiger partial charge in [0.2, 0.25) is 5.91 Å². The summed E-state index contributed by atoms with van der Waals surface area (Å²) in [6, 6.07) is 13.2. The van der Waals surface area contributed by atoms with Crippen LogP contribution in [-0.2, 0) is 11.2 Å². The molecule has 0 bridgehead atoms. The van der Waals surface area contributed by atoms with Gasteiger partial charge in [-0.25, -0.2) is 0 Å². The Kier molecular flexibility index (Phi) is 3.62. The molecule has 4 nitrogen and oxygen atoms in total. The summed E-state index contributed by atoms with van der Waals surface area (Å²) in [4.78, 5) is 11.4. The van der Waals surface area contributed by atoms with E-state index in [1.54, 1.807) is 0 Å². The summed E-state index contributed by atoms with van der Waals surface area (Å²) < 4.78 is 5.57. The highest BCUT2D eigenvalue weighted by molar-refractivity contribution is 6.00. The summed E-state index contributed by atoms with van der Waals surface area (Å²) in [6.45, 7) is 2.11. The fourth-order valence-electron chi connectivity index (χ4n) is 2.55. The number of nitrogens with one attached hydrogen (secondary N) is 1. The van der Waals surface area contributed by atoms with Gasteiger partial charge in [-0.2, -0.15) is 0 Å². The Morgan fingerprint density at radius 3 is 2.81 bits per heavy atom. The number of carbonyl (C=O) groups excluding carboxylic acids is 1. The van der Waals surface area contributed by atoms with Crippen LogP contribution < -0.4 is 10.1 Å². The van der Waals surface area contributed by atoms with Crippen molar-refractivity contribution in [2.45, 2.75) is 19.4 Å². The lowest BCUT2D eigenvalue weighted by molar-refractivity contribution is -0.115. The number of hydrogen-bond acceptors (Lipinski definition) is 3. The maximum absolute atomic E-state index is 11.4. The highest BCUT2D eigenvalue weighted by atomic mass is 16.5. The molecule has 2 aromatic rings. The van der Waals surface area contributed by atoms with Gasteiger partial charge in [-0.05, 0) is 35.7 Å². The molecule has 3 rings (SSSR count). The van der Waals surface area contributed by atoms with E-state index in [1.807, 2.05) is 49.4 Å². The third-order valence-electron chi connectivity index (χ3n) is 3.59. The van der Waals surface area contributed by atoms with Gasteiger partial charge in [0.05, 0.1) is 6.42 Å². The number of para-hydroxylation sites is 1. The topological polar surface area (TPSA) is 58.6 Å². The quantitative estimate of drug-likeness (QED) is 0.906.